The van der Waals surface area contributed by atoms with Crippen molar-refractivity contribution in [3.63, 3.8) is 0 Å². The Bertz CT molecular complexity index is 521. The van der Waals surface area contributed by atoms with Crippen molar-refractivity contribution in [2.75, 3.05) is 32.6 Å². The van der Waals surface area contributed by atoms with Gasteiger partial charge in [-0.1, -0.05) is 30.3 Å². The van der Waals surface area contributed by atoms with E-state index in [0.717, 1.165) is 6.42 Å². The van der Waals surface area contributed by atoms with Gasteiger partial charge in [0.1, 0.15) is 0 Å². The molecule has 1 aliphatic heterocycles. The number of benzene rings is 1. The van der Waals surface area contributed by atoms with Gasteiger partial charge in [0.15, 0.2) is 0 Å². The van der Waals surface area contributed by atoms with Crippen LogP contribution < -0.4 is 0 Å². The third-order valence-electron chi connectivity index (χ3n) is 3.75. The molecule has 1 unspecified atom stereocenters. The zero-order valence-corrected chi connectivity index (χ0v) is 13.3. The monoisotopic (exact) mass is 316 g/mol. The predicted molar refractivity (Wildman–Crippen MR) is 82.3 cm³/mol. The third-order valence-corrected chi connectivity index (χ3v) is 5.97. The van der Waals surface area contributed by atoms with Gasteiger partial charge in [-0.05, 0) is 24.3 Å². The molecule has 0 amide bonds. The van der Waals surface area contributed by atoms with E-state index < -0.39 is 10.2 Å². The van der Waals surface area contributed by atoms with Crippen LogP contribution in [0.2, 0.25) is 0 Å². The first-order valence-electron chi connectivity index (χ1n) is 6.88. The molecule has 1 aromatic rings. The first-order chi connectivity index (χ1) is 9.55. The summed E-state index contributed by atoms with van der Waals surface area (Å²) in [6.07, 6.45) is 1.56. The molecule has 1 saturated heterocycles. The zero-order chi connectivity index (χ0) is 14.6. The third kappa shape index (κ3) is 3.52. The van der Waals surface area contributed by atoms with Crippen LogP contribution in [0.1, 0.15) is 24.3 Å². The van der Waals surface area contributed by atoms with E-state index in [1.165, 1.54) is 9.87 Å². The van der Waals surface area contributed by atoms with E-state index in [1.807, 2.05) is 18.2 Å². The summed E-state index contributed by atoms with van der Waals surface area (Å²) in [5.74, 6) is 0.777. The van der Waals surface area contributed by atoms with Crippen LogP contribution in [0.4, 0.5) is 0 Å². The van der Waals surface area contributed by atoms with E-state index in [2.05, 4.69) is 12.1 Å². The second-order valence-electron chi connectivity index (χ2n) is 5.13. The Labute approximate surface area is 126 Å². The van der Waals surface area contributed by atoms with Gasteiger partial charge in [0, 0.05) is 32.6 Å². The minimum atomic E-state index is -3.34. The van der Waals surface area contributed by atoms with Gasteiger partial charge in [0.05, 0.1) is 0 Å². The number of hydrogen-bond acceptors (Lipinski definition) is 2. The Morgan fingerprint density at radius 1 is 1.35 bits per heavy atom. The molecule has 0 aromatic heterocycles. The highest BCUT2D eigenvalue weighted by molar-refractivity contribution is 7.86. The van der Waals surface area contributed by atoms with E-state index in [0.29, 0.717) is 37.9 Å². The normalized spacial score (nSPS) is 20.6. The number of nitrogens with zero attached hydrogens (tertiary/aromatic N) is 2. The fraction of sp³-hybridized carbons (Fsp3) is 0.571. The summed E-state index contributed by atoms with van der Waals surface area (Å²) in [6, 6.07) is 10.1. The summed E-state index contributed by atoms with van der Waals surface area (Å²) in [5.41, 5.74) is 1.22. The fourth-order valence-electron chi connectivity index (χ4n) is 2.53. The molecule has 1 atom stereocenters. The van der Waals surface area contributed by atoms with Gasteiger partial charge in [0.2, 0.25) is 0 Å². The van der Waals surface area contributed by atoms with Crippen molar-refractivity contribution in [2.24, 2.45) is 0 Å². The van der Waals surface area contributed by atoms with Crippen LogP contribution in [0.5, 0.6) is 0 Å². The van der Waals surface area contributed by atoms with Crippen molar-refractivity contribution in [3.05, 3.63) is 35.9 Å². The summed E-state index contributed by atoms with van der Waals surface area (Å²) >= 11 is 5.62. The van der Waals surface area contributed by atoms with Gasteiger partial charge < -0.3 is 0 Å². The van der Waals surface area contributed by atoms with Crippen LogP contribution >= 0.6 is 11.6 Å². The maximum Gasteiger partial charge on any atom is 0.281 e. The average molecular weight is 317 g/mol. The number of hydrogen-bond donors (Lipinski definition) is 0. The molecule has 20 heavy (non-hydrogen) atoms. The van der Waals surface area contributed by atoms with Crippen molar-refractivity contribution >= 4 is 21.8 Å². The SMILES string of the molecule is CN(CCCCl)S(=O)(=O)N1CCC(c2ccccc2)C1. The van der Waals surface area contributed by atoms with Gasteiger partial charge in [-0.2, -0.15) is 17.0 Å². The quantitative estimate of drug-likeness (QED) is 0.755. The molecule has 0 N–H and O–H groups in total. The number of alkyl halides is 1. The summed E-state index contributed by atoms with van der Waals surface area (Å²) < 4.78 is 27.8. The Balaban J connectivity index is 2.01. The van der Waals surface area contributed by atoms with Crippen LogP contribution in [-0.2, 0) is 10.2 Å². The summed E-state index contributed by atoms with van der Waals surface area (Å²) in [4.78, 5) is 0. The molecule has 0 saturated carbocycles. The lowest BCUT2D eigenvalue weighted by Gasteiger charge is -2.24. The highest BCUT2D eigenvalue weighted by Gasteiger charge is 2.34. The van der Waals surface area contributed by atoms with Crippen molar-refractivity contribution in [2.45, 2.75) is 18.8 Å². The Hall–Kier alpha value is -0.620. The minimum Gasteiger partial charge on any atom is -0.195 e. The lowest BCUT2D eigenvalue weighted by atomic mass is 9.99. The topological polar surface area (TPSA) is 40.6 Å². The first-order valence-corrected chi connectivity index (χ1v) is 8.81. The molecule has 1 heterocycles. The van der Waals surface area contributed by atoms with Crippen molar-refractivity contribution in [1.29, 1.82) is 0 Å². The molecular weight excluding hydrogens is 296 g/mol. The maximum atomic E-state index is 12.4. The standard InChI is InChI=1S/C14H21ClN2O2S/c1-16(10-5-9-15)20(18,19)17-11-8-14(12-17)13-6-3-2-4-7-13/h2-4,6-7,14H,5,8-12H2,1H3. The molecule has 6 heteroatoms. The van der Waals surface area contributed by atoms with Crippen LogP contribution in [-0.4, -0.2) is 49.6 Å². The van der Waals surface area contributed by atoms with E-state index >= 15 is 0 Å². The molecule has 0 spiro atoms. The van der Waals surface area contributed by atoms with Crippen molar-refractivity contribution in [3.8, 4) is 0 Å². The largest absolute Gasteiger partial charge is 0.281 e. The summed E-state index contributed by atoms with van der Waals surface area (Å²) in [7, 11) is -1.72. The highest BCUT2D eigenvalue weighted by Crippen LogP contribution is 2.29. The Morgan fingerprint density at radius 2 is 2.05 bits per heavy atom. The molecule has 1 aromatic carbocycles. The smallest absolute Gasteiger partial charge is 0.195 e. The van der Waals surface area contributed by atoms with Gasteiger partial charge in [-0.15, -0.1) is 11.6 Å². The molecule has 0 bridgehead atoms. The summed E-state index contributed by atoms with van der Waals surface area (Å²) in [6.45, 7) is 1.63. The van der Waals surface area contributed by atoms with Crippen LogP contribution in [0, 0.1) is 0 Å². The molecule has 1 aliphatic rings. The maximum absolute atomic E-state index is 12.4. The van der Waals surface area contributed by atoms with Crippen LogP contribution in [0.3, 0.4) is 0 Å². The fourth-order valence-corrected chi connectivity index (χ4v) is 4.11. The molecular formula is C14H21ClN2O2S. The van der Waals surface area contributed by atoms with Gasteiger partial charge in [0.25, 0.3) is 10.2 Å². The van der Waals surface area contributed by atoms with Crippen molar-refractivity contribution in [1.82, 2.24) is 8.61 Å². The number of halogens is 1. The lowest BCUT2D eigenvalue weighted by molar-refractivity contribution is 0.393. The molecule has 2 rings (SSSR count). The lowest BCUT2D eigenvalue weighted by Crippen LogP contribution is -2.41. The average Bonchev–Trinajstić information content (AvgIpc) is 2.96. The highest BCUT2D eigenvalue weighted by atomic mass is 35.5. The van der Waals surface area contributed by atoms with E-state index in [1.54, 1.807) is 11.4 Å². The Morgan fingerprint density at radius 3 is 2.70 bits per heavy atom. The zero-order valence-electron chi connectivity index (χ0n) is 11.7. The predicted octanol–water partition coefficient (Wildman–Crippen LogP) is 2.28. The van der Waals surface area contributed by atoms with Gasteiger partial charge >= 0.3 is 0 Å². The second-order valence-corrected chi connectivity index (χ2v) is 7.54. The van der Waals surface area contributed by atoms with E-state index in [-0.39, 0.29) is 0 Å². The molecule has 1 fully saturated rings. The van der Waals surface area contributed by atoms with E-state index in [4.69, 9.17) is 11.6 Å². The molecule has 112 valence electrons. The minimum absolute atomic E-state index is 0.299. The molecule has 4 nitrogen and oxygen atoms in total. The van der Waals surface area contributed by atoms with Gasteiger partial charge in [-0.25, -0.2) is 0 Å². The van der Waals surface area contributed by atoms with Crippen LogP contribution in [0.25, 0.3) is 0 Å². The Kier molecular flexibility index (Phi) is 5.43. The summed E-state index contributed by atoms with van der Waals surface area (Å²) in [5, 5.41) is 0. The van der Waals surface area contributed by atoms with Gasteiger partial charge in [-0.3, -0.25) is 0 Å². The van der Waals surface area contributed by atoms with Crippen LogP contribution in [0.15, 0.2) is 30.3 Å². The number of rotatable bonds is 6. The molecule has 0 aliphatic carbocycles. The van der Waals surface area contributed by atoms with Crippen molar-refractivity contribution < 1.29 is 8.42 Å². The molecule has 0 radical (unpaired) electrons. The van der Waals surface area contributed by atoms with E-state index in [9.17, 15) is 8.42 Å². The first kappa shape index (κ1) is 15.8. The second kappa shape index (κ2) is 6.89.